The van der Waals surface area contributed by atoms with Gasteiger partial charge >= 0.3 is 0 Å². The number of rotatable bonds is 5. The van der Waals surface area contributed by atoms with Crippen LogP contribution in [0, 0.1) is 0 Å². The third kappa shape index (κ3) is 2.35. The van der Waals surface area contributed by atoms with E-state index in [0.29, 0.717) is 0 Å². The fraction of sp³-hybridized carbons (Fsp3) is 0.727. The summed E-state index contributed by atoms with van der Waals surface area (Å²) < 4.78 is 1.74. The van der Waals surface area contributed by atoms with Crippen molar-refractivity contribution in [1.82, 2.24) is 9.78 Å². The molecule has 3 nitrogen and oxygen atoms in total. The maximum Gasteiger partial charge on any atom is 0.0926 e. The monoisotopic (exact) mass is 196 g/mol. The standard InChI is InChI=1S/C11H20N2O/c1-4-6-11(14,7-5-2)10-8-12-13(3)9-10/h8-9,14H,4-7H2,1-3H3. The van der Waals surface area contributed by atoms with Crippen molar-refractivity contribution < 1.29 is 5.11 Å². The maximum absolute atomic E-state index is 10.4. The number of aliphatic hydroxyl groups is 1. The van der Waals surface area contributed by atoms with Crippen molar-refractivity contribution in [2.75, 3.05) is 0 Å². The highest BCUT2D eigenvalue weighted by molar-refractivity contribution is 5.14. The van der Waals surface area contributed by atoms with Crippen LogP contribution in [0.15, 0.2) is 12.4 Å². The van der Waals surface area contributed by atoms with Crippen LogP contribution in [0.5, 0.6) is 0 Å². The van der Waals surface area contributed by atoms with Gasteiger partial charge in [0.05, 0.1) is 11.8 Å². The molecule has 14 heavy (non-hydrogen) atoms. The van der Waals surface area contributed by atoms with Gasteiger partial charge in [0.1, 0.15) is 0 Å². The highest BCUT2D eigenvalue weighted by Crippen LogP contribution is 2.30. The zero-order valence-corrected chi connectivity index (χ0v) is 9.32. The Hall–Kier alpha value is -0.830. The Kier molecular flexibility index (Phi) is 3.69. The van der Waals surface area contributed by atoms with Gasteiger partial charge in [-0.3, -0.25) is 4.68 Å². The minimum Gasteiger partial charge on any atom is -0.385 e. The van der Waals surface area contributed by atoms with Crippen LogP contribution < -0.4 is 0 Å². The quantitative estimate of drug-likeness (QED) is 0.784. The van der Waals surface area contributed by atoms with Gasteiger partial charge in [-0.2, -0.15) is 5.10 Å². The predicted octanol–water partition coefficient (Wildman–Crippen LogP) is 2.21. The Balaban J connectivity index is 2.86. The van der Waals surface area contributed by atoms with Crippen LogP contribution in [-0.2, 0) is 12.6 Å². The molecule has 0 atom stereocenters. The Bertz CT molecular complexity index is 275. The number of hydrogen-bond donors (Lipinski definition) is 1. The van der Waals surface area contributed by atoms with Crippen molar-refractivity contribution in [3.05, 3.63) is 18.0 Å². The topological polar surface area (TPSA) is 38.1 Å². The molecule has 1 aromatic rings. The first-order chi connectivity index (χ1) is 6.62. The van der Waals surface area contributed by atoms with E-state index in [9.17, 15) is 5.11 Å². The maximum atomic E-state index is 10.4. The van der Waals surface area contributed by atoms with Gasteiger partial charge in [0.2, 0.25) is 0 Å². The number of nitrogens with zero attached hydrogens (tertiary/aromatic N) is 2. The Labute approximate surface area is 85.8 Å². The average molecular weight is 196 g/mol. The summed E-state index contributed by atoms with van der Waals surface area (Å²) >= 11 is 0. The van der Waals surface area contributed by atoms with Gasteiger partial charge in [-0.15, -0.1) is 0 Å². The van der Waals surface area contributed by atoms with Crippen LogP contribution in [0.2, 0.25) is 0 Å². The molecule has 1 heterocycles. The van der Waals surface area contributed by atoms with E-state index in [1.807, 2.05) is 13.2 Å². The summed E-state index contributed by atoms with van der Waals surface area (Å²) in [5.41, 5.74) is 0.279. The Morgan fingerprint density at radius 2 is 1.93 bits per heavy atom. The minimum absolute atomic E-state index is 0.669. The molecule has 0 aliphatic heterocycles. The summed E-state index contributed by atoms with van der Waals surface area (Å²) in [5.74, 6) is 0. The van der Waals surface area contributed by atoms with Gasteiger partial charge in [0, 0.05) is 18.8 Å². The molecule has 0 aliphatic carbocycles. The van der Waals surface area contributed by atoms with E-state index in [0.717, 1.165) is 31.2 Å². The van der Waals surface area contributed by atoms with E-state index < -0.39 is 5.60 Å². The molecule has 0 amide bonds. The highest BCUT2D eigenvalue weighted by Gasteiger charge is 2.28. The van der Waals surface area contributed by atoms with E-state index in [1.54, 1.807) is 10.9 Å². The largest absolute Gasteiger partial charge is 0.385 e. The molecule has 0 fully saturated rings. The summed E-state index contributed by atoms with van der Waals surface area (Å²) in [5, 5.41) is 14.5. The minimum atomic E-state index is -0.669. The summed E-state index contributed by atoms with van der Waals surface area (Å²) in [6.07, 6.45) is 7.28. The van der Waals surface area contributed by atoms with Crippen LogP contribution >= 0.6 is 0 Å². The smallest absolute Gasteiger partial charge is 0.0926 e. The summed E-state index contributed by atoms with van der Waals surface area (Å²) in [6, 6.07) is 0. The SMILES string of the molecule is CCCC(O)(CCC)c1cnn(C)c1. The zero-order chi connectivity index (χ0) is 10.6. The molecule has 3 heteroatoms. The van der Waals surface area contributed by atoms with Gasteiger partial charge < -0.3 is 5.11 Å². The average Bonchev–Trinajstić information content (AvgIpc) is 2.53. The third-order valence-corrected chi connectivity index (χ3v) is 2.57. The van der Waals surface area contributed by atoms with Crippen molar-refractivity contribution in [2.45, 2.75) is 45.1 Å². The predicted molar refractivity (Wildman–Crippen MR) is 56.9 cm³/mol. The molecule has 1 aromatic heterocycles. The van der Waals surface area contributed by atoms with E-state index in [-0.39, 0.29) is 0 Å². The fourth-order valence-electron chi connectivity index (χ4n) is 1.90. The van der Waals surface area contributed by atoms with Gasteiger partial charge in [0.15, 0.2) is 0 Å². The zero-order valence-electron chi connectivity index (χ0n) is 9.32. The first-order valence-corrected chi connectivity index (χ1v) is 5.34. The van der Waals surface area contributed by atoms with Gasteiger partial charge in [0.25, 0.3) is 0 Å². The molecule has 80 valence electrons. The van der Waals surface area contributed by atoms with E-state index in [2.05, 4.69) is 18.9 Å². The molecule has 0 spiro atoms. The molecule has 0 aromatic carbocycles. The van der Waals surface area contributed by atoms with Crippen LogP contribution in [0.25, 0.3) is 0 Å². The molecule has 0 aliphatic rings. The highest BCUT2D eigenvalue weighted by atomic mass is 16.3. The third-order valence-electron chi connectivity index (χ3n) is 2.57. The molecular formula is C11H20N2O. The molecule has 0 unspecified atom stereocenters. The lowest BCUT2D eigenvalue weighted by molar-refractivity contribution is 0.0169. The second kappa shape index (κ2) is 4.60. The number of aryl methyl sites for hydroxylation is 1. The Morgan fingerprint density at radius 1 is 1.36 bits per heavy atom. The molecule has 0 saturated carbocycles. The van der Waals surface area contributed by atoms with Crippen LogP contribution in [0.4, 0.5) is 0 Å². The van der Waals surface area contributed by atoms with E-state index in [4.69, 9.17) is 0 Å². The summed E-state index contributed by atoms with van der Waals surface area (Å²) in [4.78, 5) is 0. The number of hydrogen-bond acceptors (Lipinski definition) is 2. The Morgan fingerprint density at radius 3 is 2.29 bits per heavy atom. The van der Waals surface area contributed by atoms with Crippen molar-refractivity contribution in [2.24, 2.45) is 7.05 Å². The van der Waals surface area contributed by atoms with Gasteiger partial charge in [-0.1, -0.05) is 26.7 Å². The lowest BCUT2D eigenvalue weighted by Gasteiger charge is -2.26. The first-order valence-electron chi connectivity index (χ1n) is 5.34. The van der Waals surface area contributed by atoms with Crippen LogP contribution in [-0.4, -0.2) is 14.9 Å². The molecule has 0 radical (unpaired) electrons. The van der Waals surface area contributed by atoms with Crippen molar-refractivity contribution in [1.29, 1.82) is 0 Å². The second-order valence-electron chi connectivity index (χ2n) is 3.93. The van der Waals surface area contributed by atoms with E-state index >= 15 is 0 Å². The number of aromatic nitrogens is 2. The van der Waals surface area contributed by atoms with Crippen LogP contribution in [0.3, 0.4) is 0 Å². The summed E-state index contributed by atoms with van der Waals surface area (Å²) in [7, 11) is 1.88. The molecular weight excluding hydrogens is 176 g/mol. The van der Waals surface area contributed by atoms with Gasteiger partial charge in [-0.25, -0.2) is 0 Å². The summed E-state index contributed by atoms with van der Waals surface area (Å²) in [6.45, 7) is 4.19. The fourth-order valence-corrected chi connectivity index (χ4v) is 1.90. The van der Waals surface area contributed by atoms with E-state index in [1.165, 1.54) is 0 Å². The normalized spacial score (nSPS) is 12.0. The molecule has 0 saturated heterocycles. The van der Waals surface area contributed by atoms with Gasteiger partial charge in [-0.05, 0) is 12.8 Å². The van der Waals surface area contributed by atoms with Crippen molar-refractivity contribution in [3.63, 3.8) is 0 Å². The lowest BCUT2D eigenvalue weighted by Crippen LogP contribution is -2.24. The second-order valence-corrected chi connectivity index (χ2v) is 3.93. The van der Waals surface area contributed by atoms with Crippen LogP contribution in [0.1, 0.15) is 45.1 Å². The lowest BCUT2D eigenvalue weighted by atomic mass is 9.87. The molecule has 0 bridgehead atoms. The van der Waals surface area contributed by atoms with Crippen molar-refractivity contribution >= 4 is 0 Å². The van der Waals surface area contributed by atoms with Crippen molar-refractivity contribution in [3.8, 4) is 0 Å². The molecule has 1 rings (SSSR count). The molecule has 1 N–H and O–H groups in total. The first kappa shape index (κ1) is 11.2.